The van der Waals surface area contributed by atoms with Crippen molar-refractivity contribution in [2.75, 3.05) is 13.7 Å². The Morgan fingerprint density at radius 2 is 2.00 bits per heavy atom. The lowest BCUT2D eigenvalue weighted by Gasteiger charge is -2.30. The maximum Gasteiger partial charge on any atom is 0.257 e. The topological polar surface area (TPSA) is 68.5 Å². The monoisotopic (exact) mass is 393 g/mol. The molecule has 152 valence electrons. The molecule has 6 nitrogen and oxygen atoms in total. The van der Waals surface area contributed by atoms with Crippen molar-refractivity contribution < 1.29 is 14.1 Å². The normalized spacial score (nSPS) is 17.5. The average Bonchev–Trinajstić information content (AvgIpc) is 3.02. The predicted molar refractivity (Wildman–Crippen MR) is 111 cm³/mol. The molecule has 1 amide bonds. The highest BCUT2D eigenvalue weighted by Gasteiger charge is 2.28. The molecule has 3 heterocycles. The predicted octanol–water partition coefficient (Wildman–Crippen LogP) is 5.11. The number of carbonyl (C=O) groups excluding carboxylic acids is 1. The fourth-order valence-electron chi connectivity index (χ4n) is 4.07. The van der Waals surface area contributed by atoms with E-state index in [9.17, 15) is 4.79 Å². The molecule has 6 heteroatoms. The van der Waals surface area contributed by atoms with Gasteiger partial charge in [0.1, 0.15) is 5.75 Å². The molecule has 3 aromatic rings. The van der Waals surface area contributed by atoms with Gasteiger partial charge < -0.3 is 14.2 Å². The highest BCUT2D eigenvalue weighted by molar-refractivity contribution is 5.97. The minimum atomic E-state index is 0.0121. The number of carbonyl (C=O) groups is 1. The standard InChI is InChI=1S/C23H27N3O3/c1-15(2)21-19-13-17(14-24-22(19)29-25-21)23(27)26-12-6-4-5-7-20(26)16-8-10-18(28-3)11-9-16/h8-11,13-15,20H,4-7,12H2,1-3H3/t20-/m1/s1. The second-order valence-corrected chi connectivity index (χ2v) is 7.94. The van der Waals surface area contributed by atoms with Gasteiger partial charge in [-0.2, -0.15) is 0 Å². The number of rotatable bonds is 4. The Morgan fingerprint density at radius 3 is 2.72 bits per heavy atom. The van der Waals surface area contributed by atoms with Crippen molar-refractivity contribution in [3.63, 3.8) is 0 Å². The van der Waals surface area contributed by atoms with E-state index in [1.807, 2.05) is 23.1 Å². The summed E-state index contributed by atoms with van der Waals surface area (Å²) in [7, 11) is 1.66. The molecule has 0 radical (unpaired) electrons. The number of amides is 1. The van der Waals surface area contributed by atoms with Gasteiger partial charge in [0.05, 0.1) is 29.8 Å². The van der Waals surface area contributed by atoms with E-state index in [0.29, 0.717) is 11.3 Å². The number of methoxy groups -OCH3 is 1. The van der Waals surface area contributed by atoms with Gasteiger partial charge in [-0.05, 0) is 42.5 Å². The first kappa shape index (κ1) is 19.4. The van der Waals surface area contributed by atoms with Crippen molar-refractivity contribution >= 4 is 17.0 Å². The second-order valence-electron chi connectivity index (χ2n) is 7.94. The van der Waals surface area contributed by atoms with Crippen molar-refractivity contribution in [1.82, 2.24) is 15.0 Å². The number of aromatic nitrogens is 2. The lowest BCUT2D eigenvalue weighted by molar-refractivity contribution is 0.0680. The van der Waals surface area contributed by atoms with Crippen LogP contribution in [0.1, 0.15) is 73.1 Å². The van der Waals surface area contributed by atoms with E-state index in [2.05, 4.69) is 36.1 Å². The zero-order valence-corrected chi connectivity index (χ0v) is 17.2. The minimum absolute atomic E-state index is 0.0121. The van der Waals surface area contributed by atoms with Gasteiger partial charge in [0, 0.05) is 12.7 Å². The quantitative estimate of drug-likeness (QED) is 0.616. The lowest BCUT2D eigenvalue weighted by atomic mass is 9.99. The number of fused-ring (bicyclic) bond motifs is 1. The van der Waals surface area contributed by atoms with E-state index in [-0.39, 0.29) is 17.9 Å². The van der Waals surface area contributed by atoms with Crippen LogP contribution in [0, 0.1) is 0 Å². The molecule has 1 aliphatic rings. The maximum absolute atomic E-state index is 13.5. The molecule has 1 saturated heterocycles. The molecule has 1 fully saturated rings. The van der Waals surface area contributed by atoms with Crippen LogP contribution in [0.15, 0.2) is 41.1 Å². The highest BCUT2D eigenvalue weighted by atomic mass is 16.5. The van der Waals surface area contributed by atoms with E-state index in [1.54, 1.807) is 13.3 Å². The van der Waals surface area contributed by atoms with E-state index in [0.717, 1.165) is 54.6 Å². The average molecular weight is 393 g/mol. The molecule has 29 heavy (non-hydrogen) atoms. The lowest BCUT2D eigenvalue weighted by Crippen LogP contribution is -2.34. The number of nitrogens with zero attached hydrogens (tertiary/aromatic N) is 3. The van der Waals surface area contributed by atoms with Crippen LogP contribution in [-0.2, 0) is 0 Å². The van der Waals surface area contributed by atoms with Crippen LogP contribution in [0.5, 0.6) is 5.75 Å². The van der Waals surface area contributed by atoms with Gasteiger partial charge in [-0.25, -0.2) is 4.98 Å². The van der Waals surface area contributed by atoms with Gasteiger partial charge >= 0.3 is 0 Å². The summed E-state index contributed by atoms with van der Waals surface area (Å²) in [5.74, 6) is 1.04. The summed E-state index contributed by atoms with van der Waals surface area (Å²) < 4.78 is 10.6. The molecule has 0 unspecified atom stereocenters. The third kappa shape index (κ3) is 3.84. The smallest absolute Gasteiger partial charge is 0.257 e. The number of likely N-dealkylation sites (tertiary alicyclic amines) is 1. The molecule has 0 saturated carbocycles. The Balaban J connectivity index is 1.68. The summed E-state index contributed by atoms with van der Waals surface area (Å²) in [5, 5.41) is 4.95. The summed E-state index contributed by atoms with van der Waals surface area (Å²) in [6, 6.07) is 9.98. The number of benzene rings is 1. The van der Waals surface area contributed by atoms with Crippen molar-refractivity contribution in [2.24, 2.45) is 0 Å². The van der Waals surface area contributed by atoms with Crippen LogP contribution < -0.4 is 4.74 Å². The Labute approximate surface area is 170 Å². The molecule has 4 rings (SSSR count). The van der Waals surface area contributed by atoms with Crippen LogP contribution in [0.3, 0.4) is 0 Å². The van der Waals surface area contributed by atoms with E-state index < -0.39 is 0 Å². The summed E-state index contributed by atoms with van der Waals surface area (Å²) in [6.07, 6.45) is 5.82. The van der Waals surface area contributed by atoms with Crippen LogP contribution >= 0.6 is 0 Å². The van der Waals surface area contributed by atoms with Crippen molar-refractivity contribution in [2.45, 2.75) is 51.5 Å². The molecule has 1 atom stereocenters. The first-order valence-electron chi connectivity index (χ1n) is 10.3. The fourth-order valence-corrected chi connectivity index (χ4v) is 4.07. The van der Waals surface area contributed by atoms with Gasteiger partial charge in [-0.1, -0.05) is 44.0 Å². The van der Waals surface area contributed by atoms with Gasteiger partial charge in [-0.3, -0.25) is 4.79 Å². The van der Waals surface area contributed by atoms with Crippen LogP contribution in [-0.4, -0.2) is 34.6 Å². The Morgan fingerprint density at radius 1 is 1.21 bits per heavy atom. The molecular weight excluding hydrogens is 366 g/mol. The van der Waals surface area contributed by atoms with E-state index >= 15 is 0 Å². The molecule has 1 aliphatic heterocycles. The highest BCUT2D eigenvalue weighted by Crippen LogP contribution is 2.33. The van der Waals surface area contributed by atoms with E-state index in [1.165, 1.54) is 0 Å². The zero-order chi connectivity index (χ0) is 20.4. The fraction of sp³-hybridized carbons (Fsp3) is 0.435. The second kappa shape index (κ2) is 8.23. The van der Waals surface area contributed by atoms with Crippen molar-refractivity contribution in [3.05, 3.63) is 53.3 Å². The largest absolute Gasteiger partial charge is 0.497 e. The first-order chi connectivity index (χ1) is 14.1. The van der Waals surface area contributed by atoms with Gasteiger partial charge in [0.2, 0.25) is 0 Å². The molecule has 0 bridgehead atoms. The van der Waals surface area contributed by atoms with Crippen LogP contribution in [0.4, 0.5) is 0 Å². The molecule has 0 spiro atoms. The van der Waals surface area contributed by atoms with Crippen LogP contribution in [0.2, 0.25) is 0 Å². The zero-order valence-electron chi connectivity index (χ0n) is 17.2. The minimum Gasteiger partial charge on any atom is -0.497 e. The van der Waals surface area contributed by atoms with E-state index in [4.69, 9.17) is 9.26 Å². The number of pyridine rings is 1. The summed E-state index contributed by atoms with van der Waals surface area (Å²) in [6.45, 7) is 4.86. The Bertz CT molecular complexity index is 994. The van der Waals surface area contributed by atoms with Gasteiger partial charge in [0.25, 0.3) is 11.6 Å². The van der Waals surface area contributed by atoms with Gasteiger partial charge in [0.15, 0.2) is 0 Å². The summed E-state index contributed by atoms with van der Waals surface area (Å²) in [4.78, 5) is 19.9. The maximum atomic E-state index is 13.5. The van der Waals surface area contributed by atoms with Gasteiger partial charge in [-0.15, -0.1) is 0 Å². The number of hydrogen-bond donors (Lipinski definition) is 0. The number of hydrogen-bond acceptors (Lipinski definition) is 5. The Kier molecular flexibility index (Phi) is 5.51. The molecule has 0 aliphatic carbocycles. The van der Waals surface area contributed by atoms with Crippen molar-refractivity contribution in [1.29, 1.82) is 0 Å². The summed E-state index contributed by atoms with van der Waals surface area (Å²) >= 11 is 0. The Hall–Kier alpha value is -2.89. The third-order valence-corrected chi connectivity index (χ3v) is 5.67. The van der Waals surface area contributed by atoms with Crippen molar-refractivity contribution in [3.8, 4) is 5.75 Å². The summed E-state index contributed by atoms with van der Waals surface area (Å²) in [5.41, 5.74) is 3.04. The molecule has 2 aromatic heterocycles. The third-order valence-electron chi connectivity index (χ3n) is 5.67. The molecule has 0 N–H and O–H groups in total. The number of ether oxygens (including phenoxy) is 1. The molecule has 1 aromatic carbocycles. The van der Waals surface area contributed by atoms with Crippen LogP contribution in [0.25, 0.3) is 11.1 Å². The first-order valence-corrected chi connectivity index (χ1v) is 10.3. The molecular formula is C23H27N3O3. The SMILES string of the molecule is COc1ccc([C@H]2CCCCCN2C(=O)c2cnc3onc(C(C)C)c3c2)cc1.